The predicted octanol–water partition coefficient (Wildman–Crippen LogP) is 1.51. The molecule has 4 nitrogen and oxygen atoms in total. The Balaban J connectivity index is 2.23. The van der Waals surface area contributed by atoms with Crippen LogP contribution in [-0.4, -0.2) is 59.6 Å². The largest absolute Gasteiger partial charge is 0.481 e. The maximum absolute atomic E-state index is 10.5. The van der Waals surface area contributed by atoms with Crippen LogP contribution < -0.4 is 0 Å². The van der Waals surface area contributed by atoms with Gasteiger partial charge in [0.15, 0.2) is 0 Å². The van der Waals surface area contributed by atoms with Gasteiger partial charge in [-0.3, -0.25) is 9.69 Å². The lowest BCUT2D eigenvalue weighted by molar-refractivity contribution is -0.137. The molecule has 0 amide bonds. The van der Waals surface area contributed by atoms with E-state index >= 15 is 0 Å². The van der Waals surface area contributed by atoms with E-state index in [-0.39, 0.29) is 6.42 Å². The molecule has 0 aromatic rings. The van der Waals surface area contributed by atoms with Crippen molar-refractivity contribution in [3.63, 3.8) is 0 Å². The second kappa shape index (κ2) is 6.97. The Morgan fingerprint density at radius 1 is 1.18 bits per heavy atom. The minimum atomic E-state index is -0.685. The Morgan fingerprint density at radius 2 is 1.76 bits per heavy atom. The molecule has 4 heteroatoms. The third-order valence-corrected chi connectivity index (χ3v) is 3.43. The van der Waals surface area contributed by atoms with Crippen molar-refractivity contribution in [1.82, 2.24) is 9.80 Å². The van der Waals surface area contributed by atoms with Crippen molar-refractivity contribution in [2.24, 2.45) is 5.92 Å². The van der Waals surface area contributed by atoms with Crippen molar-refractivity contribution >= 4 is 5.97 Å². The summed E-state index contributed by atoms with van der Waals surface area (Å²) in [5.41, 5.74) is 0. The molecular formula is C13H26N2O2. The SMILES string of the molecule is CC(C)CN1CCN(C(C)CCC(=O)O)CC1. The molecule has 0 saturated carbocycles. The standard InChI is InChI=1S/C13H26N2O2/c1-11(2)10-14-6-8-15(9-7-14)12(3)4-5-13(16)17/h11-12H,4-10H2,1-3H3,(H,16,17). The molecule has 17 heavy (non-hydrogen) atoms. The number of carbonyl (C=O) groups is 1. The smallest absolute Gasteiger partial charge is 0.303 e. The lowest BCUT2D eigenvalue weighted by Gasteiger charge is -2.38. The number of hydrogen-bond donors (Lipinski definition) is 1. The number of aliphatic carboxylic acids is 1. The molecule has 0 spiro atoms. The zero-order valence-corrected chi connectivity index (χ0v) is 11.4. The van der Waals surface area contributed by atoms with Crippen molar-refractivity contribution in [3.8, 4) is 0 Å². The van der Waals surface area contributed by atoms with Gasteiger partial charge in [-0.25, -0.2) is 0 Å². The third-order valence-electron chi connectivity index (χ3n) is 3.43. The molecule has 0 aromatic carbocycles. The van der Waals surface area contributed by atoms with Crippen LogP contribution in [0, 0.1) is 5.92 Å². The second-order valence-electron chi connectivity index (χ2n) is 5.51. The number of carboxylic acid groups (broad SMARTS) is 1. The fraction of sp³-hybridized carbons (Fsp3) is 0.923. The van der Waals surface area contributed by atoms with Crippen LogP contribution in [0.5, 0.6) is 0 Å². The van der Waals surface area contributed by atoms with E-state index in [1.807, 2.05) is 0 Å². The van der Waals surface area contributed by atoms with Crippen molar-refractivity contribution in [3.05, 3.63) is 0 Å². The summed E-state index contributed by atoms with van der Waals surface area (Å²) in [5.74, 6) is 0.0428. The Hall–Kier alpha value is -0.610. The predicted molar refractivity (Wildman–Crippen MR) is 69.2 cm³/mol. The van der Waals surface area contributed by atoms with Crippen LogP contribution in [-0.2, 0) is 4.79 Å². The average Bonchev–Trinajstić information content (AvgIpc) is 2.26. The zero-order valence-electron chi connectivity index (χ0n) is 11.4. The van der Waals surface area contributed by atoms with E-state index in [0.29, 0.717) is 6.04 Å². The summed E-state index contributed by atoms with van der Waals surface area (Å²) in [5, 5.41) is 8.68. The van der Waals surface area contributed by atoms with E-state index in [9.17, 15) is 4.79 Å². The molecule has 1 heterocycles. The highest BCUT2D eigenvalue weighted by Crippen LogP contribution is 2.11. The topological polar surface area (TPSA) is 43.8 Å². The van der Waals surface area contributed by atoms with Gasteiger partial charge in [0, 0.05) is 45.2 Å². The van der Waals surface area contributed by atoms with E-state index < -0.39 is 5.97 Å². The molecule has 0 bridgehead atoms. The first-order valence-corrected chi connectivity index (χ1v) is 6.67. The molecule has 1 N–H and O–H groups in total. The van der Waals surface area contributed by atoms with Gasteiger partial charge in [0.25, 0.3) is 0 Å². The van der Waals surface area contributed by atoms with Crippen LogP contribution >= 0.6 is 0 Å². The van der Waals surface area contributed by atoms with Gasteiger partial charge < -0.3 is 10.0 Å². The highest BCUT2D eigenvalue weighted by Gasteiger charge is 2.21. The molecule has 0 radical (unpaired) electrons. The summed E-state index contributed by atoms with van der Waals surface area (Å²) in [6.07, 6.45) is 1.05. The fourth-order valence-corrected chi connectivity index (χ4v) is 2.42. The van der Waals surface area contributed by atoms with Gasteiger partial charge in [-0.15, -0.1) is 0 Å². The number of hydrogen-bond acceptors (Lipinski definition) is 3. The van der Waals surface area contributed by atoms with Crippen molar-refractivity contribution in [2.45, 2.75) is 39.7 Å². The van der Waals surface area contributed by atoms with Crippen LogP contribution in [0.4, 0.5) is 0 Å². The molecule has 1 unspecified atom stereocenters. The Bertz CT molecular complexity index is 236. The highest BCUT2D eigenvalue weighted by atomic mass is 16.4. The molecule has 1 rings (SSSR count). The lowest BCUT2D eigenvalue weighted by Crippen LogP contribution is -2.50. The maximum atomic E-state index is 10.5. The van der Waals surface area contributed by atoms with E-state index in [0.717, 1.165) is 38.5 Å². The Morgan fingerprint density at radius 3 is 2.24 bits per heavy atom. The highest BCUT2D eigenvalue weighted by molar-refractivity contribution is 5.66. The van der Waals surface area contributed by atoms with Crippen LogP contribution in [0.25, 0.3) is 0 Å². The molecule has 1 atom stereocenters. The van der Waals surface area contributed by atoms with Gasteiger partial charge in [0.1, 0.15) is 0 Å². The van der Waals surface area contributed by atoms with E-state index in [1.165, 1.54) is 6.54 Å². The number of piperazine rings is 1. The molecule has 1 aliphatic rings. The average molecular weight is 242 g/mol. The third kappa shape index (κ3) is 5.50. The number of carboxylic acids is 1. The Labute approximate surface area is 105 Å². The zero-order chi connectivity index (χ0) is 12.8. The van der Waals surface area contributed by atoms with Gasteiger partial charge in [-0.05, 0) is 19.3 Å². The van der Waals surface area contributed by atoms with Crippen LogP contribution in [0.1, 0.15) is 33.6 Å². The maximum Gasteiger partial charge on any atom is 0.303 e. The molecule has 0 aliphatic carbocycles. The summed E-state index contributed by atoms with van der Waals surface area (Å²) in [6, 6.07) is 0.396. The van der Waals surface area contributed by atoms with Crippen LogP contribution in [0.2, 0.25) is 0 Å². The van der Waals surface area contributed by atoms with Crippen molar-refractivity contribution < 1.29 is 9.90 Å². The fourth-order valence-electron chi connectivity index (χ4n) is 2.42. The van der Waals surface area contributed by atoms with Gasteiger partial charge >= 0.3 is 5.97 Å². The first-order chi connectivity index (χ1) is 7.99. The van der Waals surface area contributed by atoms with E-state index in [4.69, 9.17) is 5.11 Å². The number of nitrogens with zero attached hydrogens (tertiary/aromatic N) is 2. The molecule has 1 fully saturated rings. The van der Waals surface area contributed by atoms with Gasteiger partial charge in [0.05, 0.1) is 0 Å². The first-order valence-electron chi connectivity index (χ1n) is 6.67. The summed E-state index contributed by atoms with van der Waals surface area (Å²) in [4.78, 5) is 15.5. The van der Waals surface area contributed by atoms with Crippen LogP contribution in [0.15, 0.2) is 0 Å². The molecule has 1 aliphatic heterocycles. The lowest BCUT2D eigenvalue weighted by atomic mass is 10.1. The monoisotopic (exact) mass is 242 g/mol. The van der Waals surface area contributed by atoms with Gasteiger partial charge in [-0.2, -0.15) is 0 Å². The quantitative estimate of drug-likeness (QED) is 0.767. The molecule has 1 saturated heterocycles. The molecule has 0 aromatic heterocycles. The van der Waals surface area contributed by atoms with Crippen molar-refractivity contribution in [2.75, 3.05) is 32.7 Å². The van der Waals surface area contributed by atoms with E-state index in [2.05, 4.69) is 30.6 Å². The first kappa shape index (κ1) is 14.5. The van der Waals surface area contributed by atoms with Gasteiger partial charge in [0.2, 0.25) is 0 Å². The van der Waals surface area contributed by atoms with E-state index in [1.54, 1.807) is 0 Å². The van der Waals surface area contributed by atoms with Crippen LogP contribution in [0.3, 0.4) is 0 Å². The summed E-state index contributed by atoms with van der Waals surface area (Å²) in [6.45, 7) is 12.2. The second-order valence-corrected chi connectivity index (χ2v) is 5.51. The van der Waals surface area contributed by atoms with Crippen molar-refractivity contribution in [1.29, 1.82) is 0 Å². The summed E-state index contributed by atoms with van der Waals surface area (Å²) >= 11 is 0. The molecule has 100 valence electrons. The summed E-state index contributed by atoms with van der Waals surface area (Å²) in [7, 11) is 0. The normalized spacial score (nSPS) is 20.7. The Kier molecular flexibility index (Phi) is 5.92. The minimum Gasteiger partial charge on any atom is -0.481 e. The molecular weight excluding hydrogens is 216 g/mol. The summed E-state index contributed by atoms with van der Waals surface area (Å²) < 4.78 is 0. The minimum absolute atomic E-state index is 0.285. The number of rotatable bonds is 6. The van der Waals surface area contributed by atoms with Gasteiger partial charge in [-0.1, -0.05) is 13.8 Å².